The van der Waals surface area contributed by atoms with Crippen molar-refractivity contribution < 1.29 is 34.8 Å². The van der Waals surface area contributed by atoms with Crippen LogP contribution < -0.4 is 5.73 Å². The van der Waals surface area contributed by atoms with Gasteiger partial charge < -0.3 is 31.1 Å². The molecule has 0 radical (unpaired) electrons. The second-order valence-corrected chi connectivity index (χ2v) is 9.24. The molecular formula is C23H28N2O7. The molecule has 9 heteroatoms. The normalized spacial score (nSPS) is 34.2. The molecule has 32 heavy (non-hydrogen) atoms. The van der Waals surface area contributed by atoms with Crippen LogP contribution in [0.3, 0.4) is 0 Å². The molecule has 0 saturated heterocycles. The fourth-order valence-corrected chi connectivity index (χ4v) is 6.00. The zero-order valence-corrected chi connectivity index (χ0v) is 18.2. The summed E-state index contributed by atoms with van der Waals surface area (Å²) in [6.45, 7) is 1.94. The van der Waals surface area contributed by atoms with E-state index in [0.29, 0.717) is 12.8 Å². The number of nitrogens with zero attached hydrogens (tertiary/aromatic N) is 1. The fourth-order valence-electron chi connectivity index (χ4n) is 6.00. The highest BCUT2D eigenvalue weighted by Crippen LogP contribution is 2.52. The molecule has 0 aliphatic heterocycles. The lowest BCUT2D eigenvalue weighted by atomic mass is 9.54. The molecule has 9 nitrogen and oxygen atoms in total. The summed E-state index contributed by atoms with van der Waals surface area (Å²) in [5, 5.41) is 43.8. The van der Waals surface area contributed by atoms with Crippen LogP contribution in [0.15, 0.2) is 17.7 Å². The van der Waals surface area contributed by atoms with E-state index < -0.39 is 58.7 Å². The van der Waals surface area contributed by atoms with Crippen LogP contribution in [0.5, 0.6) is 5.75 Å². The van der Waals surface area contributed by atoms with Gasteiger partial charge in [0.25, 0.3) is 0 Å². The lowest BCUT2D eigenvalue weighted by Crippen LogP contribution is -2.73. The average Bonchev–Trinajstić information content (AvgIpc) is 2.70. The Morgan fingerprint density at radius 2 is 1.91 bits per heavy atom. The maximum Gasteiger partial charge on any atom is 0.230 e. The SMILES string of the molecule is CCc1ccc(O)c2c1C[C@@H]1C[C@@H]3[C@@H](N(C)C)C(O)C(C(N)=O)C(=O)[C@]3(O)C(=O)C1=C2O. The van der Waals surface area contributed by atoms with Gasteiger partial charge in [0.1, 0.15) is 17.4 Å². The van der Waals surface area contributed by atoms with Crippen molar-refractivity contribution in [3.05, 3.63) is 34.4 Å². The number of ketones is 2. The van der Waals surface area contributed by atoms with Gasteiger partial charge in [-0.3, -0.25) is 14.4 Å². The standard InChI is InChI=1S/C23H28N2O7/c1-4-9-5-6-13(26)15-11(9)7-10-8-12-17(25(2)3)19(28)16(22(24)31)21(30)23(12,32)20(29)14(10)18(15)27/h5-6,10,12,16-17,19,26-28,32H,4,7-8H2,1-3H3,(H2,24,31)/t10-,12-,16?,17-,19?,23-/m1/s1. The lowest BCUT2D eigenvalue weighted by Gasteiger charge is -2.53. The molecule has 2 fully saturated rings. The molecule has 1 aromatic rings. The van der Waals surface area contributed by atoms with E-state index in [-0.39, 0.29) is 23.3 Å². The molecule has 0 bridgehead atoms. The summed E-state index contributed by atoms with van der Waals surface area (Å²) in [7, 11) is 3.25. The number of primary amides is 1. The zero-order chi connectivity index (χ0) is 23.7. The second-order valence-electron chi connectivity index (χ2n) is 9.24. The number of aromatic hydroxyl groups is 1. The molecule has 3 aliphatic carbocycles. The Labute approximate surface area is 185 Å². The zero-order valence-electron chi connectivity index (χ0n) is 18.2. The predicted molar refractivity (Wildman–Crippen MR) is 113 cm³/mol. The Morgan fingerprint density at radius 3 is 2.47 bits per heavy atom. The summed E-state index contributed by atoms with van der Waals surface area (Å²) in [6.07, 6.45) is -0.388. The van der Waals surface area contributed by atoms with Crippen molar-refractivity contribution in [2.24, 2.45) is 23.5 Å². The fraction of sp³-hybridized carbons (Fsp3) is 0.522. The van der Waals surface area contributed by atoms with Crippen LogP contribution in [0.1, 0.15) is 30.0 Å². The molecule has 172 valence electrons. The molecule has 4 rings (SSSR count). The number of likely N-dealkylation sites (N-methyl/N-ethyl adjacent to an activating group) is 1. The van der Waals surface area contributed by atoms with E-state index in [0.717, 1.165) is 11.1 Å². The smallest absolute Gasteiger partial charge is 0.230 e. The number of hydrogen-bond donors (Lipinski definition) is 5. The van der Waals surface area contributed by atoms with E-state index in [1.54, 1.807) is 25.1 Å². The summed E-state index contributed by atoms with van der Waals surface area (Å²) in [5.74, 6) is -7.24. The number of carbonyl (C=O) groups excluding carboxylic acids is 3. The topological polar surface area (TPSA) is 161 Å². The van der Waals surface area contributed by atoms with Crippen LogP contribution in [0.2, 0.25) is 0 Å². The Hall–Kier alpha value is -2.75. The van der Waals surface area contributed by atoms with Crippen molar-refractivity contribution in [2.75, 3.05) is 14.1 Å². The Morgan fingerprint density at radius 1 is 1.25 bits per heavy atom. The molecule has 3 aliphatic rings. The van der Waals surface area contributed by atoms with Gasteiger partial charge >= 0.3 is 0 Å². The van der Waals surface area contributed by atoms with Gasteiger partial charge in [-0.05, 0) is 56.5 Å². The molecule has 0 heterocycles. The monoisotopic (exact) mass is 444 g/mol. The van der Waals surface area contributed by atoms with Crippen LogP contribution in [0.25, 0.3) is 5.76 Å². The molecule has 2 unspecified atom stereocenters. The highest BCUT2D eigenvalue weighted by Gasteiger charge is 2.67. The van der Waals surface area contributed by atoms with Crippen molar-refractivity contribution in [3.63, 3.8) is 0 Å². The highest BCUT2D eigenvalue weighted by atomic mass is 16.3. The lowest BCUT2D eigenvalue weighted by molar-refractivity contribution is -0.184. The number of aliphatic hydroxyl groups excluding tert-OH is 2. The summed E-state index contributed by atoms with van der Waals surface area (Å²) in [6, 6.07) is 2.31. The van der Waals surface area contributed by atoms with Gasteiger partial charge in [0.05, 0.1) is 11.7 Å². The van der Waals surface area contributed by atoms with E-state index in [9.17, 15) is 34.8 Å². The number of amides is 1. The van der Waals surface area contributed by atoms with Gasteiger partial charge in [-0.15, -0.1) is 0 Å². The number of aliphatic hydroxyl groups is 3. The summed E-state index contributed by atoms with van der Waals surface area (Å²) in [5.41, 5.74) is 4.36. The Kier molecular flexibility index (Phi) is 5.19. The number of carbonyl (C=O) groups is 3. The number of Topliss-reactive ketones (excluding diaryl/α,β-unsaturated/α-hetero) is 2. The first-order chi connectivity index (χ1) is 15.0. The maximum atomic E-state index is 13.6. The second kappa shape index (κ2) is 7.40. The van der Waals surface area contributed by atoms with Gasteiger partial charge in [0, 0.05) is 17.5 Å². The molecule has 6 atom stereocenters. The van der Waals surface area contributed by atoms with Crippen LogP contribution in [-0.2, 0) is 27.2 Å². The maximum absolute atomic E-state index is 13.6. The third-order valence-electron chi connectivity index (χ3n) is 7.45. The predicted octanol–water partition coefficient (Wildman–Crippen LogP) is -0.309. The number of fused-ring (bicyclic) bond motifs is 3. The molecule has 0 spiro atoms. The van der Waals surface area contributed by atoms with Crippen molar-refractivity contribution in [2.45, 2.75) is 43.9 Å². The Balaban J connectivity index is 1.93. The van der Waals surface area contributed by atoms with Crippen molar-refractivity contribution in [3.8, 4) is 5.75 Å². The third kappa shape index (κ3) is 2.78. The summed E-state index contributed by atoms with van der Waals surface area (Å²) in [4.78, 5) is 40.4. The van der Waals surface area contributed by atoms with Gasteiger partial charge in [-0.25, -0.2) is 0 Å². The first-order valence-corrected chi connectivity index (χ1v) is 10.7. The van der Waals surface area contributed by atoms with Gasteiger partial charge in [0.15, 0.2) is 11.4 Å². The Bertz CT molecular complexity index is 1060. The van der Waals surface area contributed by atoms with Crippen LogP contribution in [-0.4, -0.2) is 74.6 Å². The highest BCUT2D eigenvalue weighted by molar-refractivity contribution is 6.25. The molecule has 0 aromatic heterocycles. The summed E-state index contributed by atoms with van der Waals surface area (Å²) >= 11 is 0. The minimum Gasteiger partial charge on any atom is -0.507 e. The number of phenolic OH excluding ortho intramolecular Hbond substituents is 1. The van der Waals surface area contributed by atoms with Crippen LogP contribution in [0.4, 0.5) is 0 Å². The summed E-state index contributed by atoms with van der Waals surface area (Å²) < 4.78 is 0. The number of phenols is 1. The van der Waals surface area contributed by atoms with E-state index in [1.165, 1.54) is 6.07 Å². The van der Waals surface area contributed by atoms with Gasteiger partial charge in [-0.2, -0.15) is 0 Å². The molecule has 1 amide bonds. The molecule has 1 aromatic carbocycles. The van der Waals surface area contributed by atoms with Crippen molar-refractivity contribution >= 4 is 23.2 Å². The van der Waals surface area contributed by atoms with Crippen LogP contribution in [0, 0.1) is 17.8 Å². The molecule has 6 N–H and O–H groups in total. The number of nitrogens with two attached hydrogens (primary N) is 1. The van der Waals surface area contributed by atoms with Crippen molar-refractivity contribution in [1.82, 2.24) is 4.90 Å². The first kappa shape index (κ1) is 22.4. The average molecular weight is 444 g/mol. The van der Waals surface area contributed by atoms with E-state index in [1.807, 2.05) is 6.92 Å². The molecular weight excluding hydrogens is 416 g/mol. The minimum atomic E-state index is -2.62. The van der Waals surface area contributed by atoms with Crippen LogP contribution >= 0.6 is 0 Å². The van der Waals surface area contributed by atoms with Crippen molar-refractivity contribution in [1.29, 1.82) is 0 Å². The number of aryl methyl sites for hydroxylation is 1. The van der Waals surface area contributed by atoms with E-state index in [2.05, 4.69) is 0 Å². The van der Waals surface area contributed by atoms with Gasteiger partial charge in [0.2, 0.25) is 11.7 Å². The molecule has 2 saturated carbocycles. The quantitative estimate of drug-likeness (QED) is 0.397. The first-order valence-electron chi connectivity index (χ1n) is 10.7. The largest absolute Gasteiger partial charge is 0.507 e. The number of rotatable bonds is 3. The van der Waals surface area contributed by atoms with Gasteiger partial charge in [-0.1, -0.05) is 13.0 Å². The number of benzene rings is 1. The van der Waals surface area contributed by atoms with E-state index in [4.69, 9.17) is 5.73 Å². The third-order valence-corrected chi connectivity index (χ3v) is 7.45. The minimum absolute atomic E-state index is 0.122. The van der Waals surface area contributed by atoms with E-state index >= 15 is 0 Å². The number of hydrogen-bond acceptors (Lipinski definition) is 8.